The molecule has 0 saturated carbocycles. The molecule has 1 aromatic carbocycles. The summed E-state index contributed by atoms with van der Waals surface area (Å²) in [7, 11) is 3.91. The summed E-state index contributed by atoms with van der Waals surface area (Å²) in [5.41, 5.74) is 0.961. The molecule has 2 aromatic rings. The Morgan fingerprint density at radius 1 is 1.18 bits per heavy atom. The van der Waals surface area contributed by atoms with Gasteiger partial charge in [-0.05, 0) is 17.7 Å². The Labute approximate surface area is 127 Å². The molecule has 0 saturated heterocycles. The molecule has 0 aliphatic heterocycles. The molecule has 0 aliphatic carbocycles. The summed E-state index contributed by atoms with van der Waals surface area (Å²) in [5.74, 6) is -0.300. The van der Waals surface area contributed by atoms with Crippen molar-refractivity contribution in [3.8, 4) is 0 Å². The number of H-pyrrole nitrogens is 1. The molecule has 2 rings (SSSR count). The average molecular weight is 302 g/mol. The molecule has 22 heavy (non-hydrogen) atoms. The predicted octanol–water partition coefficient (Wildman–Crippen LogP) is -0.0810. The molecular formula is C15H18N4O3. The molecule has 2 N–H and O–H groups in total. The summed E-state index contributed by atoms with van der Waals surface area (Å²) in [6.07, 6.45) is 1.30. The number of hydrogen-bond acceptors (Lipinski definition) is 4. The van der Waals surface area contributed by atoms with Gasteiger partial charge >= 0.3 is 5.69 Å². The van der Waals surface area contributed by atoms with Crippen LogP contribution in [0.2, 0.25) is 0 Å². The third kappa shape index (κ3) is 4.08. The Balaban J connectivity index is 1.92. The zero-order valence-electron chi connectivity index (χ0n) is 12.5. The van der Waals surface area contributed by atoms with Crippen molar-refractivity contribution in [2.75, 3.05) is 19.0 Å². The van der Waals surface area contributed by atoms with Crippen molar-refractivity contribution in [3.05, 3.63) is 62.9 Å². The normalized spacial score (nSPS) is 10.3. The van der Waals surface area contributed by atoms with Crippen LogP contribution in [0.15, 0.2) is 46.1 Å². The highest BCUT2D eigenvalue weighted by Crippen LogP contribution is 2.11. The molecule has 1 amide bonds. The summed E-state index contributed by atoms with van der Waals surface area (Å²) in [6, 6.07) is 9.00. The number of amides is 1. The van der Waals surface area contributed by atoms with Crippen LogP contribution in [0, 0.1) is 0 Å². The Hall–Kier alpha value is -2.83. The summed E-state index contributed by atoms with van der Waals surface area (Å²) in [4.78, 5) is 38.3. The van der Waals surface area contributed by atoms with Crippen molar-refractivity contribution < 1.29 is 4.79 Å². The summed E-state index contributed by atoms with van der Waals surface area (Å²) >= 11 is 0. The fourth-order valence-corrected chi connectivity index (χ4v) is 1.89. The van der Waals surface area contributed by atoms with Crippen LogP contribution in [-0.2, 0) is 17.9 Å². The van der Waals surface area contributed by atoms with Crippen LogP contribution < -0.4 is 21.5 Å². The molecule has 7 nitrogen and oxygen atoms in total. The van der Waals surface area contributed by atoms with E-state index < -0.39 is 11.2 Å². The van der Waals surface area contributed by atoms with Gasteiger partial charge in [-0.3, -0.25) is 19.1 Å². The zero-order valence-corrected chi connectivity index (χ0v) is 12.5. The second-order valence-corrected chi connectivity index (χ2v) is 5.08. The third-order valence-corrected chi connectivity index (χ3v) is 3.15. The summed E-state index contributed by atoms with van der Waals surface area (Å²) < 4.78 is 1.14. The number of rotatable bonds is 5. The van der Waals surface area contributed by atoms with Gasteiger partial charge in [0.15, 0.2) is 0 Å². The van der Waals surface area contributed by atoms with E-state index in [0.29, 0.717) is 6.54 Å². The van der Waals surface area contributed by atoms with Crippen molar-refractivity contribution in [1.82, 2.24) is 14.9 Å². The Morgan fingerprint density at radius 2 is 1.86 bits per heavy atom. The van der Waals surface area contributed by atoms with E-state index in [1.807, 2.05) is 43.3 Å². The van der Waals surface area contributed by atoms with Crippen molar-refractivity contribution in [1.29, 1.82) is 0 Å². The number of aromatic nitrogens is 2. The number of carbonyl (C=O) groups excluding carboxylic acids is 1. The molecule has 0 atom stereocenters. The molecule has 7 heteroatoms. The largest absolute Gasteiger partial charge is 0.378 e. The molecule has 0 bridgehead atoms. The standard InChI is InChI=1S/C15H18N4O3/c1-18(2)12-5-3-11(4-6-12)9-16-14(21)10-19-8-7-13(20)17-15(19)22/h3-8H,9-10H2,1-2H3,(H,16,21)(H,17,20,22). The van der Waals surface area contributed by atoms with E-state index in [9.17, 15) is 14.4 Å². The van der Waals surface area contributed by atoms with Gasteiger partial charge in [-0.1, -0.05) is 12.1 Å². The first kappa shape index (κ1) is 15.6. The van der Waals surface area contributed by atoms with Crippen molar-refractivity contribution >= 4 is 11.6 Å². The van der Waals surface area contributed by atoms with E-state index in [1.54, 1.807) is 0 Å². The summed E-state index contributed by atoms with van der Waals surface area (Å²) in [5, 5.41) is 2.73. The smallest absolute Gasteiger partial charge is 0.328 e. The van der Waals surface area contributed by atoms with Gasteiger partial charge in [-0.15, -0.1) is 0 Å². The second kappa shape index (κ2) is 6.75. The van der Waals surface area contributed by atoms with Crippen LogP contribution in [0.25, 0.3) is 0 Å². The van der Waals surface area contributed by atoms with E-state index >= 15 is 0 Å². The van der Waals surface area contributed by atoms with Crippen LogP contribution in [-0.4, -0.2) is 29.6 Å². The van der Waals surface area contributed by atoms with E-state index in [4.69, 9.17) is 0 Å². The van der Waals surface area contributed by atoms with E-state index in [0.717, 1.165) is 15.8 Å². The molecule has 1 aromatic heterocycles. The van der Waals surface area contributed by atoms with Crippen molar-refractivity contribution in [2.24, 2.45) is 0 Å². The van der Waals surface area contributed by atoms with Gasteiger partial charge in [0, 0.05) is 38.6 Å². The molecule has 0 aliphatic rings. The van der Waals surface area contributed by atoms with E-state index in [2.05, 4.69) is 10.3 Å². The van der Waals surface area contributed by atoms with Gasteiger partial charge in [0.25, 0.3) is 5.56 Å². The topological polar surface area (TPSA) is 87.2 Å². The van der Waals surface area contributed by atoms with Gasteiger partial charge in [-0.2, -0.15) is 0 Å². The minimum absolute atomic E-state index is 0.134. The number of hydrogen-bond donors (Lipinski definition) is 2. The molecular weight excluding hydrogens is 284 g/mol. The Kier molecular flexibility index (Phi) is 4.77. The first-order chi connectivity index (χ1) is 10.5. The van der Waals surface area contributed by atoms with Crippen LogP contribution in [0.5, 0.6) is 0 Å². The fourth-order valence-electron chi connectivity index (χ4n) is 1.89. The first-order valence-electron chi connectivity index (χ1n) is 6.78. The number of nitrogens with one attached hydrogen (secondary N) is 2. The van der Waals surface area contributed by atoms with Crippen molar-refractivity contribution in [2.45, 2.75) is 13.1 Å². The molecule has 0 fully saturated rings. The Morgan fingerprint density at radius 3 is 2.45 bits per heavy atom. The number of carbonyl (C=O) groups is 1. The maximum Gasteiger partial charge on any atom is 0.328 e. The molecule has 0 unspecified atom stereocenters. The second-order valence-electron chi connectivity index (χ2n) is 5.08. The van der Waals surface area contributed by atoms with Gasteiger partial charge in [0.05, 0.1) is 0 Å². The fraction of sp³-hybridized carbons (Fsp3) is 0.267. The van der Waals surface area contributed by atoms with Gasteiger partial charge < -0.3 is 10.2 Å². The number of aromatic amines is 1. The predicted molar refractivity (Wildman–Crippen MR) is 83.9 cm³/mol. The zero-order chi connectivity index (χ0) is 16.1. The highest BCUT2D eigenvalue weighted by molar-refractivity contribution is 5.75. The lowest BCUT2D eigenvalue weighted by molar-refractivity contribution is -0.121. The quantitative estimate of drug-likeness (QED) is 0.808. The van der Waals surface area contributed by atoms with Gasteiger partial charge in [0.2, 0.25) is 5.91 Å². The summed E-state index contributed by atoms with van der Waals surface area (Å²) in [6.45, 7) is 0.246. The monoisotopic (exact) mass is 302 g/mol. The average Bonchev–Trinajstić information content (AvgIpc) is 2.48. The van der Waals surface area contributed by atoms with E-state index in [1.165, 1.54) is 12.3 Å². The molecule has 116 valence electrons. The number of nitrogens with zero attached hydrogens (tertiary/aromatic N) is 2. The third-order valence-electron chi connectivity index (χ3n) is 3.15. The minimum atomic E-state index is -0.599. The van der Waals surface area contributed by atoms with Crippen LogP contribution in [0.3, 0.4) is 0 Å². The van der Waals surface area contributed by atoms with E-state index in [-0.39, 0.29) is 12.5 Å². The van der Waals surface area contributed by atoms with Crippen LogP contribution in [0.1, 0.15) is 5.56 Å². The van der Waals surface area contributed by atoms with Gasteiger partial charge in [0.1, 0.15) is 6.54 Å². The highest BCUT2D eigenvalue weighted by atomic mass is 16.2. The molecule has 0 spiro atoms. The number of anilines is 1. The molecule has 1 heterocycles. The van der Waals surface area contributed by atoms with Crippen molar-refractivity contribution in [3.63, 3.8) is 0 Å². The van der Waals surface area contributed by atoms with Gasteiger partial charge in [-0.25, -0.2) is 4.79 Å². The maximum absolute atomic E-state index is 11.8. The minimum Gasteiger partial charge on any atom is -0.378 e. The lowest BCUT2D eigenvalue weighted by atomic mass is 10.2. The van der Waals surface area contributed by atoms with Crippen LogP contribution in [0.4, 0.5) is 5.69 Å². The van der Waals surface area contributed by atoms with Crippen LogP contribution >= 0.6 is 0 Å². The number of benzene rings is 1. The first-order valence-corrected chi connectivity index (χ1v) is 6.78. The highest BCUT2D eigenvalue weighted by Gasteiger charge is 2.05. The maximum atomic E-state index is 11.8. The Bertz CT molecular complexity index is 759. The lowest BCUT2D eigenvalue weighted by Crippen LogP contribution is -2.35. The SMILES string of the molecule is CN(C)c1ccc(CNC(=O)Cn2ccc(=O)[nH]c2=O)cc1. The molecule has 0 radical (unpaired) electrons. The lowest BCUT2D eigenvalue weighted by Gasteiger charge is -2.13.